The van der Waals surface area contributed by atoms with Crippen molar-refractivity contribution in [3.05, 3.63) is 33.9 Å². The summed E-state index contributed by atoms with van der Waals surface area (Å²) >= 11 is 0. The van der Waals surface area contributed by atoms with Gasteiger partial charge in [-0.3, -0.25) is 19.7 Å². The number of benzene rings is 1. The number of nitro benzene ring substituents is 1. The van der Waals surface area contributed by atoms with Gasteiger partial charge in [-0.2, -0.15) is 0 Å². The third-order valence-electron chi connectivity index (χ3n) is 6.35. The van der Waals surface area contributed by atoms with Crippen LogP contribution < -0.4 is 4.74 Å². The molecule has 3 rings (SSSR count). The zero-order chi connectivity index (χ0) is 21.3. The van der Waals surface area contributed by atoms with Crippen LogP contribution in [0.25, 0.3) is 0 Å². The van der Waals surface area contributed by atoms with Crippen molar-refractivity contribution >= 4 is 17.9 Å². The van der Waals surface area contributed by atoms with E-state index in [2.05, 4.69) is 4.90 Å². The minimum atomic E-state index is -0.586. The van der Waals surface area contributed by atoms with Gasteiger partial charge in [0.1, 0.15) is 5.75 Å². The summed E-state index contributed by atoms with van der Waals surface area (Å²) in [5, 5.41) is 10.9. The van der Waals surface area contributed by atoms with E-state index in [-0.39, 0.29) is 17.2 Å². The second-order valence-corrected chi connectivity index (χ2v) is 8.43. The molecule has 0 aliphatic heterocycles. The Kier molecular flexibility index (Phi) is 8.22. The Bertz CT molecular complexity index is 721. The molecule has 7 heteroatoms. The summed E-state index contributed by atoms with van der Waals surface area (Å²) in [5.41, 5.74) is -0.238. The van der Waals surface area contributed by atoms with E-state index < -0.39 is 4.92 Å². The van der Waals surface area contributed by atoms with Gasteiger partial charge < -0.3 is 9.64 Å². The van der Waals surface area contributed by atoms with Crippen molar-refractivity contribution in [2.45, 2.75) is 89.1 Å². The summed E-state index contributed by atoms with van der Waals surface area (Å²) in [6.07, 6.45) is 13.4. The predicted octanol–water partition coefficient (Wildman–Crippen LogP) is 5.06. The molecule has 2 saturated carbocycles. The van der Waals surface area contributed by atoms with Gasteiger partial charge in [0, 0.05) is 24.6 Å². The lowest BCUT2D eigenvalue weighted by Crippen LogP contribution is -2.48. The van der Waals surface area contributed by atoms with Crippen molar-refractivity contribution in [3.63, 3.8) is 0 Å². The lowest BCUT2D eigenvalue weighted by Gasteiger charge is -2.42. The number of rotatable bonds is 9. The zero-order valence-electron chi connectivity index (χ0n) is 17.6. The molecule has 2 aliphatic carbocycles. The molecule has 2 aliphatic rings. The van der Waals surface area contributed by atoms with Gasteiger partial charge in [-0.05, 0) is 44.2 Å². The molecule has 0 N–H and O–H groups in total. The van der Waals surface area contributed by atoms with E-state index in [1.54, 1.807) is 0 Å². The minimum absolute atomic E-state index is 0.00523. The number of amides is 1. The summed E-state index contributed by atoms with van der Waals surface area (Å²) < 4.78 is 5.65. The molecule has 0 atom stereocenters. The number of carbonyl (C=O) groups is 2. The van der Waals surface area contributed by atoms with Crippen LogP contribution in [-0.2, 0) is 4.79 Å². The maximum atomic E-state index is 13.1. The fourth-order valence-corrected chi connectivity index (χ4v) is 4.85. The molecule has 164 valence electrons. The summed E-state index contributed by atoms with van der Waals surface area (Å²) in [6, 6.07) is 4.92. The molecule has 1 aromatic carbocycles. The minimum Gasteiger partial charge on any atom is -0.494 e. The molecule has 1 aromatic rings. The van der Waals surface area contributed by atoms with Gasteiger partial charge in [-0.1, -0.05) is 38.5 Å². The van der Waals surface area contributed by atoms with Crippen LogP contribution in [0.4, 0.5) is 5.69 Å². The second-order valence-electron chi connectivity index (χ2n) is 8.43. The lowest BCUT2D eigenvalue weighted by atomic mass is 9.88. The highest BCUT2D eigenvalue weighted by atomic mass is 16.6. The van der Waals surface area contributed by atoms with Crippen molar-refractivity contribution in [2.75, 3.05) is 6.61 Å². The van der Waals surface area contributed by atoms with Gasteiger partial charge in [0.05, 0.1) is 17.1 Å². The molecule has 0 radical (unpaired) electrons. The molecular formula is C23H32N2O5. The van der Waals surface area contributed by atoms with Crippen molar-refractivity contribution in [1.29, 1.82) is 0 Å². The van der Waals surface area contributed by atoms with Crippen LogP contribution in [0, 0.1) is 10.1 Å². The van der Waals surface area contributed by atoms with Crippen LogP contribution in [0.1, 0.15) is 87.4 Å². The maximum Gasteiger partial charge on any atom is 0.280 e. The van der Waals surface area contributed by atoms with Gasteiger partial charge >= 0.3 is 0 Å². The Morgan fingerprint density at radius 2 is 1.67 bits per heavy atom. The number of nitrogens with zero attached hydrogens (tertiary/aromatic N) is 2. The maximum absolute atomic E-state index is 13.1. The molecule has 2 fully saturated rings. The normalized spacial score (nSPS) is 18.0. The van der Waals surface area contributed by atoms with Gasteiger partial charge in [-0.15, -0.1) is 0 Å². The number of hydrogen-bond donors (Lipinski definition) is 0. The number of ether oxygens (including phenoxy) is 1. The standard InChI is InChI=1S/C23H32N2O5/c26-17-18-16-21(13-14-22(18)25(28)29)30-15-7-12-23(27)24(19-8-3-1-4-9-19)20-10-5-2-6-11-20/h13-14,16-17,19-20H,1-12,15H2. The Hall–Kier alpha value is -2.44. The highest BCUT2D eigenvalue weighted by molar-refractivity contribution is 5.82. The van der Waals surface area contributed by atoms with Gasteiger partial charge in [0.2, 0.25) is 5.91 Å². The van der Waals surface area contributed by atoms with Crippen LogP contribution in [0.2, 0.25) is 0 Å². The summed E-state index contributed by atoms with van der Waals surface area (Å²) in [7, 11) is 0. The van der Waals surface area contributed by atoms with Crippen LogP contribution in [0.3, 0.4) is 0 Å². The second kappa shape index (κ2) is 11.1. The van der Waals surface area contributed by atoms with E-state index in [9.17, 15) is 19.7 Å². The fraction of sp³-hybridized carbons (Fsp3) is 0.652. The largest absolute Gasteiger partial charge is 0.494 e. The number of aldehydes is 1. The molecule has 7 nitrogen and oxygen atoms in total. The molecule has 30 heavy (non-hydrogen) atoms. The predicted molar refractivity (Wildman–Crippen MR) is 114 cm³/mol. The van der Waals surface area contributed by atoms with E-state index in [1.165, 1.54) is 56.7 Å². The number of carbonyl (C=O) groups excluding carboxylic acids is 2. The first kappa shape index (κ1) is 22.2. The Balaban J connectivity index is 1.53. The molecule has 1 amide bonds. The van der Waals surface area contributed by atoms with E-state index in [1.807, 2.05) is 0 Å². The molecule has 0 spiro atoms. The van der Waals surface area contributed by atoms with Crippen molar-refractivity contribution in [2.24, 2.45) is 0 Å². The average Bonchev–Trinajstić information content (AvgIpc) is 2.78. The van der Waals surface area contributed by atoms with Gasteiger partial charge in [0.15, 0.2) is 6.29 Å². The first-order valence-corrected chi connectivity index (χ1v) is 11.3. The summed E-state index contributed by atoms with van der Waals surface area (Å²) in [4.78, 5) is 36.7. The fourth-order valence-electron chi connectivity index (χ4n) is 4.85. The Labute approximate surface area is 177 Å². The van der Waals surface area contributed by atoms with Crippen LogP contribution in [0.15, 0.2) is 18.2 Å². The Morgan fingerprint density at radius 3 is 2.20 bits per heavy atom. The SMILES string of the molecule is O=Cc1cc(OCCCC(=O)N(C2CCCCC2)C2CCCCC2)ccc1[N+](=O)[O-]. The first-order chi connectivity index (χ1) is 14.6. The summed E-state index contributed by atoms with van der Waals surface area (Å²) in [6.45, 7) is 0.338. The summed E-state index contributed by atoms with van der Waals surface area (Å²) in [5.74, 6) is 0.640. The smallest absolute Gasteiger partial charge is 0.280 e. The average molecular weight is 417 g/mol. The quantitative estimate of drug-likeness (QED) is 0.243. The highest BCUT2D eigenvalue weighted by Gasteiger charge is 2.31. The highest BCUT2D eigenvalue weighted by Crippen LogP contribution is 2.31. The van der Waals surface area contributed by atoms with Crippen molar-refractivity contribution in [3.8, 4) is 5.75 Å². The molecule has 0 aromatic heterocycles. The Morgan fingerprint density at radius 1 is 1.07 bits per heavy atom. The van der Waals surface area contributed by atoms with E-state index in [0.29, 0.717) is 43.6 Å². The topological polar surface area (TPSA) is 89.8 Å². The number of nitro groups is 1. The van der Waals surface area contributed by atoms with Crippen molar-refractivity contribution < 1.29 is 19.2 Å². The van der Waals surface area contributed by atoms with Gasteiger partial charge in [0.25, 0.3) is 5.69 Å². The third-order valence-corrected chi connectivity index (χ3v) is 6.35. The van der Waals surface area contributed by atoms with Crippen molar-refractivity contribution in [1.82, 2.24) is 4.90 Å². The molecule has 0 bridgehead atoms. The molecule has 0 unspecified atom stereocenters. The molecular weight excluding hydrogens is 384 g/mol. The lowest BCUT2D eigenvalue weighted by molar-refractivity contribution is -0.385. The van der Waals surface area contributed by atoms with Gasteiger partial charge in [-0.25, -0.2) is 0 Å². The first-order valence-electron chi connectivity index (χ1n) is 11.3. The van der Waals surface area contributed by atoms with E-state index in [0.717, 1.165) is 25.7 Å². The zero-order valence-corrected chi connectivity index (χ0v) is 17.6. The van der Waals surface area contributed by atoms with E-state index in [4.69, 9.17) is 4.74 Å². The van der Waals surface area contributed by atoms with Crippen LogP contribution in [0.5, 0.6) is 5.75 Å². The van der Waals surface area contributed by atoms with Crippen LogP contribution in [-0.4, -0.2) is 40.7 Å². The third kappa shape index (κ3) is 5.80. The number of hydrogen-bond acceptors (Lipinski definition) is 5. The molecule has 0 heterocycles. The van der Waals surface area contributed by atoms with Crippen LogP contribution >= 0.6 is 0 Å². The van der Waals surface area contributed by atoms with E-state index >= 15 is 0 Å². The monoisotopic (exact) mass is 416 g/mol. The molecule has 0 saturated heterocycles.